The molecule has 0 bridgehead atoms. The van der Waals surface area contributed by atoms with Gasteiger partial charge in [0.1, 0.15) is 11.3 Å². The van der Waals surface area contributed by atoms with Crippen molar-refractivity contribution in [3.05, 3.63) is 36.2 Å². The summed E-state index contributed by atoms with van der Waals surface area (Å²) in [6.45, 7) is 7.64. The van der Waals surface area contributed by atoms with Crippen molar-refractivity contribution in [2.75, 3.05) is 23.0 Å². The van der Waals surface area contributed by atoms with Gasteiger partial charge in [0, 0.05) is 18.8 Å². The number of benzene rings is 1. The summed E-state index contributed by atoms with van der Waals surface area (Å²) in [4.78, 5) is 9.05. The number of anilines is 4. The summed E-state index contributed by atoms with van der Waals surface area (Å²) >= 11 is 0. The SMILES string of the molecule is CCC(C)(O)C#Cc1nc(Nc2ccccc2)c(NC)c(NC(C)C)n1. The Hall–Kier alpha value is -2.78. The number of nitrogens with zero attached hydrogens (tertiary/aromatic N) is 2. The lowest BCUT2D eigenvalue weighted by molar-refractivity contribution is 0.118. The summed E-state index contributed by atoms with van der Waals surface area (Å²) in [5.41, 5.74) is 0.608. The molecular formula is C20H27N5O. The maximum atomic E-state index is 10.1. The quantitative estimate of drug-likeness (QED) is 0.594. The third-order valence-corrected chi connectivity index (χ3v) is 3.75. The van der Waals surface area contributed by atoms with Crippen LogP contribution in [0.1, 0.15) is 39.9 Å². The summed E-state index contributed by atoms with van der Waals surface area (Å²) in [6, 6.07) is 9.99. The second-order valence-electron chi connectivity index (χ2n) is 6.54. The van der Waals surface area contributed by atoms with Crippen molar-refractivity contribution in [1.29, 1.82) is 0 Å². The number of para-hydroxylation sites is 1. The predicted molar refractivity (Wildman–Crippen MR) is 108 cm³/mol. The lowest BCUT2D eigenvalue weighted by Gasteiger charge is -2.18. The van der Waals surface area contributed by atoms with E-state index >= 15 is 0 Å². The minimum Gasteiger partial charge on any atom is -0.382 e. The molecule has 138 valence electrons. The molecule has 1 heterocycles. The highest BCUT2D eigenvalue weighted by molar-refractivity contribution is 5.80. The smallest absolute Gasteiger partial charge is 0.209 e. The lowest BCUT2D eigenvalue weighted by Crippen LogP contribution is -2.19. The molecule has 1 atom stereocenters. The molecule has 0 saturated heterocycles. The van der Waals surface area contributed by atoms with Crippen LogP contribution in [0, 0.1) is 11.8 Å². The van der Waals surface area contributed by atoms with Crippen LogP contribution in [0.5, 0.6) is 0 Å². The molecule has 1 aromatic carbocycles. The molecule has 4 N–H and O–H groups in total. The van der Waals surface area contributed by atoms with Crippen molar-refractivity contribution in [1.82, 2.24) is 9.97 Å². The number of rotatable bonds is 6. The van der Waals surface area contributed by atoms with Crippen molar-refractivity contribution < 1.29 is 5.11 Å². The summed E-state index contributed by atoms with van der Waals surface area (Å²) in [5, 5.41) is 19.9. The third kappa shape index (κ3) is 5.36. The van der Waals surface area contributed by atoms with Crippen LogP contribution in [0.3, 0.4) is 0 Å². The molecule has 6 nitrogen and oxygen atoms in total. The Morgan fingerprint density at radius 3 is 2.38 bits per heavy atom. The van der Waals surface area contributed by atoms with E-state index in [9.17, 15) is 5.11 Å². The van der Waals surface area contributed by atoms with Crippen LogP contribution in [0.4, 0.5) is 23.0 Å². The van der Waals surface area contributed by atoms with Gasteiger partial charge in [0.2, 0.25) is 5.82 Å². The van der Waals surface area contributed by atoms with Crippen LogP contribution >= 0.6 is 0 Å². The minimum atomic E-state index is -1.07. The molecular weight excluding hydrogens is 326 g/mol. The Kier molecular flexibility index (Phi) is 6.42. The monoisotopic (exact) mass is 353 g/mol. The van der Waals surface area contributed by atoms with E-state index in [0.717, 1.165) is 11.4 Å². The first-order chi connectivity index (χ1) is 12.3. The van der Waals surface area contributed by atoms with Crippen molar-refractivity contribution in [2.45, 2.75) is 45.8 Å². The molecule has 2 aromatic rings. The van der Waals surface area contributed by atoms with Crippen LogP contribution in [0.25, 0.3) is 0 Å². The number of hydrogen-bond donors (Lipinski definition) is 4. The first-order valence-electron chi connectivity index (χ1n) is 8.78. The van der Waals surface area contributed by atoms with E-state index < -0.39 is 5.60 Å². The maximum Gasteiger partial charge on any atom is 0.209 e. The zero-order valence-electron chi connectivity index (χ0n) is 16.0. The fourth-order valence-corrected chi connectivity index (χ4v) is 2.16. The molecule has 0 saturated carbocycles. The highest BCUT2D eigenvalue weighted by Gasteiger charge is 2.16. The molecule has 0 spiro atoms. The molecule has 0 aliphatic heterocycles. The average Bonchev–Trinajstić information content (AvgIpc) is 2.60. The number of aliphatic hydroxyl groups is 1. The highest BCUT2D eigenvalue weighted by atomic mass is 16.3. The van der Waals surface area contributed by atoms with Gasteiger partial charge in [-0.15, -0.1) is 0 Å². The maximum absolute atomic E-state index is 10.1. The van der Waals surface area contributed by atoms with Crippen LogP contribution in [0.2, 0.25) is 0 Å². The fraction of sp³-hybridized carbons (Fsp3) is 0.400. The van der Waals surface area contributed by atoms with Crippen LogP contribution in [0.15, 0.2) is 30.3 Å². The summed E-state index contributed by atoms with van der Waals surface area (Å²) in [5.74, 6) is 7.37. The number of aromatic nitrogens is 2. The van der Waals surface area contributed by atoms with E-state index in [1.54, 1.807) is 6.92 Å². The van der Waals surface area contributed by atoms with Gasteiger partial charge in [0.25, 0.3) is 0 Å². The summed E-state index contributed by atoms with van der Waals surface area (Å²) in [6.07, 6.45) is 0.529. The Labute approximate surface area is 155 Å². The molecule has 1 aromatic heterocycles. The Morgan fingerprint density at radius 1 is 1.15 bits per heavy atom. The topological polar surface area (TPSA) is 82.1 Å². The summed E-state index contributed by atoms with van der Waals surface area (Å²) < 4.78 is 0. The predicted octanol–water partition coefficient (Wildman–Crippen LogP) is 3.59. The van der Waals surface area contributed by atoms with E-state index in [0.29, 0.717) is 23.9 Å². The zero-order chi connectivity index (χ0) is 19.2. The van der Waals surface area contributed by atoms with Gasteiger partial charge in [0.15, 0.2) is 11.6 Å². The van der Waals surface area contributed by atoms with Crippen molar-refractivity contribution in [3.63, 3.8) is 0 Å². The summed E-state index contributed by atoms with van der Waals surface area (Å²) in [7, 11) is 1.83. The Balaban J connectivity index is 2.51. The second-order valence-corrected chi connectivity index (χ2v) is 6.54. The van der Waals surface area contributed by atoms with Crippen LogP contribution < -0.4 is 16.0 Å². The first kappa shape index (κ1) is 19.5. The number of nitrogens with one attached hydrogen (secondary N) is 3. The van der Waals surface area contributed by atoms with Gasteiger partial charge in [-0.25, -0.2) is 9.97 Å². The Bertz CT molecular complexity index is 791. The molecule has 0 fully saturated rings. The van der Waals surface area contributed by atoms with Gasteiger partial charge in [-0.3, -0.25) is 0 Å². The van der Waals surface area contributed by atoms with Gasteiger partial charge in [-0.1, -0.05) is 31.0 Å². The molecule has 1 unspecified atom stereocenters. The van der Waals surface area contributed by atoms with Gasteiger partial charge in [-0.05, 0) is 45.2 Å². The molecule has 26 heavy (non-hydrogen) atoms. The van der Waals surface area contributed by atoms with Gasteiger partial charge >= 0.3 is 0 Å². The van der Waals surface area contributed by atoms with Crippen LogP contribution in [-0.4, -0.2) is 33.8 Å². The highest BCUT2D eigenvalue weighted by Crippen LogP contribution is 2.30. The molecule has 0 radical (unpaired) electrons. The van der Waals surface area contributed by atoms with Gasteiger partial charge in [-0.2, -0.15) is 0 Å². The fourth-order valence-electron chi connectivity index (χ4n) is 2.16. The normalized spacial score (nSPS) is 12.7. The van der Waals surface area contributed by atoms with Crippen LogP contribution in [-0.2, 0) is 0 Å². The van der Waals surface area contributed by atoms with Gasteiger partial charge in [0.05, 0.1) is 0 Å². The van der Waals surface area contributed by atoms with Crippen molar-refractivity contribution in [2.24, 2.45) is 0 Å². The average molecular weight is 353 g/mol. The minimum absolute atomic E-state index is 0.195. The lowest BCUT2D eigenvalue weighted by atomic mass is 10.1. The van der Waals surface area contributed by atoms with E-state index in [4.69, 9.17) is 0 Å². The standard InChI is InChI=1S/C20H27N5O/c1-6-20(4,26)13-12-16-24-18(22-14(2)3)17(21-5)19(25-16)23-15-10-8-7-9-11-15/h7-11,14,21,26H,6H2,1-5H3,(H2,22,23,24,25). The largest absolute Gasteiger partial charge is 0.382 e. The van der Waals surface area contributed by atoms with E-state index in [1.165, 1.54) is 0 Å². The van der Waals surface area contributed by atoms with E-state index in [2.05, 4.69) is 37.8 Å². The Morgan fingerprint density at radius 2 is 1.81 bits per heavy atom. The number of hydrogen-bond acceptors (Lipinski definition) is 6. The molecule has 2 rings (SSSR count). The van der Waals surface area contributed by atoms with Crippen molar-refractivity contribution >= 4 is 23.0 Å². The molecule has 0 aliphatic carbocycles. The van der Waals surface area contributed by atoms with Crippen molar-refractivity contribution in [3.8, 4) is 11.8 Å². The zero-order valence-corrected chi connectivity index (χ0v) is 16.0. The molecule has 0 aliphatic rings. The molecule has 0 amide bonds. The van der Waals surface area contributed by atoms with Gasteiger partial charge < -0.3 is 21.1 Å². The van der Waals surface area contributed by atoms with E-state index in [1.807, 2.05) is 58.2 Å². The molecule has 6 heteroatoms. The first-order valence-corrected chi connectivity index (χ1v) is 8.78. The van der Waals surface area contributed by atoms with E-state index in [-0.39, 0.29) is 6.04 Å². The second kappa shape index (κ2) is 8.54. The third-order valence-electron chi connectivity index (χ3n) is 3.75.